The number of aromatic nitrogens is 2. The molecule has 0 aliphatic carbocycles. The van der Waals surface area contributed by atoms with Crippen LogP contribution in [0.5, 0.6) is 0 Å². The maximum atomic E-state index is 13.4. The third-order valence-corrected chi connectivity index (χ3v) is 6.90. The van der Waals surface area contributed by atoms with Gasteiger partial charge in [0, 0.05) is 25.3 Å². The lowest BCUT2D eigenvalue weighted by atomic mass is 10.3. The number of unbranched alkanes of at least 4 members (excludes halogenated alkanes) is 2. The number of hydrogen-bond acceptors (Lipinski definition) is 4. The lowest BCUT2D eigenvalue weighted by molar-refractivity contribution is 0.395. The van der Waals surface area contributed by atoms with Crippen molar-refractivity contribution in [3.8, 4) is 10.6 Å². The van der Waals surface area contributed by atoms with Crippen molar-refractivity contribution in [3.05, 3.63) is 23.7 Å². The molecule has 0 bridgehead atoms. The van der Waals surface area contributed by atoms with Gasteiger partial charge < -0.3 is 0 Å². The van der Waals surface area contributed by atoms with E-state index in [1.165, 1.54) is 11.3 Å². The Labute approximate surface area is 155 Å². The molecule has 0 radical (unpaired) electrons. The van der Waals surface area contributed by atoms with Gasteiger partial charge in [0.25, 0.3) is 0 Å². The fraction of sp³-hybridized carbons (Fsp3) is 0.611. The van der Waals surface area contributed by atoms with E-state index >= 15 is 0 Å². The summed E-state index contributed by atoms with van der Waals surface area (Å²) in [5, 5.41) is 6.53. The number of sulfonamides is 1. The van der Waals surface area contributed by atoms with E-state index in [1.807, 2.05) is 31.4 Å². The first-order valence-corrected chi connectivity index (χ1v) is 11.4. The van der Waals surface area contributed by atoms with E-state index in [0.717, 1.165) is 30.6 Å². The highest BCUT2D eigenvalue weighted by molar-refractivity contribution is 7.89. The first kappa shape index (κ1) is 20.1. The van der Waals surface area contributed by atoms with Crippen LogP contribution in [0.1, 0.15) is 59.4 Å². The second kappa shape index (κ2) is 8.96. The highest BCUT2D eigenvalue weighted by Crippen LogP contribution is 2.32. The van der Waals surface area contributed by atoms with Crippen molar-refractivity contribution >= 4 is 21.4 Å². The summed E-state index contributed by atoms with van der Waals surface area (Å²) < 4.78 is 30.1. The lowest BCUT2D eigenvalue weighted by Crippen LogP contribution is -2.33. The van der Waals surface area contributed by atoms with Gasteiger partial charge in [-0.3, -0.25) is 4.68 Å². The fourth-order valence-electron chi connectivity index (χ4n) is 2.57. The minimum absolute atomic E-state index is 0.113. The first-order valence-electron chi connectivity index (χ1n) is 9.05. The second-order valence-electron chi connectivity index (χ2n) is 6.50. The summed E-state index contributed by atoms with van der Waals surface area (Å²) in [4.78, 5) is 1.22. The van der Waals surface area contributed by atoms with Crippen molar-refractivity contribution < 1.29 is 8.42 Å². The largest absolute Gasteiger partial charge is 0.268 e. The van der Waals surface area contributed by atoms with Crippen molar-refractivity contribution in [2.24, 2.45) is 0 Å². The van der Waals surface area contributed by atoms with Crippen LogP contribution < -0.4 is 0 Å². The molecule has 0 unspecified atom stereocenters. The van der Waals surface area contributed by atoms with Crippen LogP contribution in [-0.2, 0) is 10.0 Å². The molecule has 7 heteroatoms. The third kappa shape index (κ3) is 4.71. The van der Waals surface area contributed by atoms with Crippen LogP contribution in [0.25, 0.3) is 10.6 Å². The van der Waals surface area contributed by atoms with Gasteiger partial charge in [0.2, 0.25) is 10.0 Å². The van der Waals surface area contributed by atoms with Crippen molar-refractivity contribution in [1.82, 2.24) is 14.1 Å². The summed E-state index contributed by atoms with van der Waals surface area (Å²) >= 11 is 1.52. The molecule has 0 N–H and O–H groups in total. The topological polar surface area (TPSA) is 55.2 Å². The standard InChI is InChI=1S/C18H29N3O2S2/c1-5-7-11-20(12-8-6-2)25(22,23)17-14-21(15(3)4)19-18(17)16-10-9-13-24-16/h9-10,13-15H,5-8,11-12H2,1-4H3. The number of rotatable bonds is 10. The Bertz CT molecular complexity index is 741. The minimum Gasteiger partial charge on any atom is -0.268 e. The molecule has 25 heavy (non-hydrogen) atoms. The van der Waals surface area contributed by atoms with Gasteiger partial charge >= 0.3 is 0 Å². The van der Waals surface area contributed by atoms with Gasteiger partial charge in [-0.2, -0.15) is 9.40 Å². The molecule has 0 amide bonds. The molecule has 2 rings (SSSR count). The summed E-state index contributed by atoms with van der Waals surface area (Å²) in [5.41, 5.74) is 0.571. The quantitative estimate of drug-likeness (QED) is 0.593. The smallest absolute Gasteiger partial charge is 0.246 e. The zero-order valence-corrected chi connectivity index (χ0v) is 17.2. The average Bonchev–Trinajstić information content (AvgIpc) is 3.23. The Kier molecular flexibility index (Phi) is 7.22. The van der Waals surface area contributed by atoms with E-state index < -0.39 is 10.0 Å². The molecule has 0 aromatic carbocycles. The number of thiophene rings is 1. The van der Waals surface area contributed by atoms with Gasteiger partial charge in [0.1, 0.15) is 10.6 Å². The van der Waals surface area contributed by atoms with Crippen LogP contribution >= 0.6 is 11.3 Å². The van der Waals surface area contributed by atoms with Gasteiger partial charge in [-0.05, 0) is 38.1 Å². The molecular formula is C18H29N3O2S2. The van der Waals surface area contributed by atoms with Crippen LogP contribution in [0, 0.1) is 0 Å². The summed E-state index contributed by atoms with van der Waals surface area (Å²) in [6.07, 6.45) is 5.38. The van der Waals surface area contributed by atoms with E-state index in [0.29, 0.717) is 23.7 Å². The highest BCUT2D eigenvalue weighted by Gasteiger charge is 2.30. The van der Waals surface area contributed by atoms with E-state index in [-0.39, 0.29) is 6.04 Å². The monoisotopic (exact) mass is 383 g/mol. The first-order chi connectivity index (χ1) is 11.9. The molecule has 2 heterocycles. The number of nitrogens with zero attached hydrogens (tertiary/aromatic N) is 3. The van der Waals surface area contributed by atoms with Crippen LogP contribution in [0.4, 0.5) is 0 Å². The molecule has 2 aromatic rings. The van der Waals surface area contributed by atoms with Crippen LogP contribution in [0.2, 0.25) is 0 Å². The van der Waals surface area contributed by atoms with Crippen LogP contribution in [0.15, 0.2) is 28.6 Å². The van der Waals surface area contributed by atoms with E-state index in [9.17, 15) is 8.42 Å². The summed E-state index contributed by atoms with van der Waals surface area (Å²) in [6, 6.07) is 3.97. The second-order valence-corrected chi connectivity index (χ2v) is 9.36. The number of hydrogen-bond donors (Lipinski definition) is 0. The Morgan fingerprint density at radius 3 is 2.32 bits per heavy atom. The maximum absolute atomic E-state index is 13.4. The van der Waals surface area contributed by atoms with Crippen molar-refractivity contribution in [2.45, 2.75) is 64.3 Å². The Morgan fingerprint density at radius 1 is 1.20 bits per heavy atom. The zero-order chi connectivity index (χ0) is 18.4. The molecule has 0 saturated carbocycles. The molecule has 0 spiro atoms. The fourth-order valence-corrected chi connectivity index (χ4v) is 5.01. The molecule has 0 fully saturated rings. The van der Waals surface area contributed by atoms with Gasteiger partial charge in [-0.1, -0.05) is 32.8 Å². The predicted molar refractivity (Wildman–Crippen MR) is 104 cm³/mol. The van der Waals surface area contributed by atoms with Gasteiger partial charge in [-0.15, -0.1) is 11.3 Å². The summed E-state index contributed by atoms with van der Waals surface area (Å²) in [5.74, 6) is 0. The Morgan fingerprint density at radius 2 is 1.84 bits per heavy atom. The van der Waals surface area contributed by atoms with Crippen molar-refractivity contribution in [1.29, 1.82) is 0 Å². The molecule has 5 nitrogen and oxygen atoms in total. The van der Waals surface area contributed by atoms with Crippen molar-refractivity contribution in [3.63, 3.8) is 0 Å². The molecule has 0 atom stereocenters. The molecule has 2 aromatic heterocycles. The van der Waals surface area contributed by atoms with Crippen molar-refractivity contribution in [2.75, 3.05) is 13.1 Å². The molecular weight excluding hydrogens is 354 g/mol. The Hall–Kier alpha value is -1.18. The van der Waals surface area contributed by atoms with Crippen LogP contribution in [0.3, 0.4) is 0 Å². The Balaban J connectivity index is 2.48. The van der Waals surface area contributed by atoms with Crippen LogP contribution in [-0.4, -0.2) is 35.6 Å². The van der Waals surface area contributed by atoms with Gasteiger partial charge in [-0.25, -0.2) is 8.42 Å². The minimum atomic E-state index is -3.56. The lowest BCUT2D eigenvalue weighted by Gasteiger charge is -2.21. The van der Waals surface area contributed by atoms with E-state index in [1.54, 1.807) is 15.2 Å². The van der Waals surface area contributed by atoms with Gasteiger partial charge in [0.05, 0.1) is 4.88 Å². The SMILES string of the molecule is CCCCN(CCCC)S(=O)(=O)c1cn(C(C)C)nc1-c1cccs1. The zero-order valence-electron chi connectivity index (χ0n) is 15.6. The molecule has 0 aliphatic heterocycles. The molecule has 140 valence electrons. The maximum Gasteiger partial charge on any atom is 0.246 e. The summed E-state index contributed by atoms with van der Waals surface area (Å²) in [7, 11) is -3.56. The van der Waals surface area contributed by atoms with Gasteiger partial charge in [0.15, 0.2) is 0 Å². The molecule has 0 saturated heterocycles. The normalized spacial score (nSPS) is 12.4. The third-order valence-electron chi connectivity index (χ3n) is 4.12. The molecule has 0 aliphatic rings. The van der Waals surface area contributed by atoms with E-state index in [4.69, 9.17) is 0 Å². The average molecular weight is 384 g/mol. The summed E-state index contributed by atoms with van der Waals surface area (Å²) in [6.45, 7) is 9.31. The highest BCUT2D eigenvalue weighted by atomic mass is 32.2. The predicted octanol–water partition coefficient (Wildman–Crippen LogP) is 4.78. The van der Waals surface area contributed by atoms with E-state index in [2.05, 4.69) is 18.9 Å².